The summed E-state index contributed by atoms with van der Waals surface area (Å²) in [4.78, 5) is 49.3. The van der Waals surface area contributed by atoms with Crippen LogP contribution in [-0.4, -0.2) is 48.3 Å². The molecule has 0 aliphatic heterocycles. The Labute approximate surface area is 375 Å². The van der Waals surface area contributed by atoms with Crippen LogP contribution in [0.2, 0.25) is 0 Å². The molecule has 0 fully saturated rings. The first-order valence-electron chi connectivity index (χ1n) is 25.8. The Hall–Kier alpha value is -2.64. The lowest BCUT2D eigenvalue weighted by Crippen LogP contribution is -2.32. The molecule has 356 valence electrons. The highest BCUT2D eigenvalue weighted by Gasteiger charge is 2.23. The molecule has 0 bridgehead atoms. The number of carboxylic acid groups (broad SMARTS) is 1. The maximum absolute atomic E-state index is 13.1. The van der Waals surface area contributed by atoms with Crippen molar-refractivity contribution in [2.45, 2.75) is 265 Å². The molecule has 0 spiro atoms. The molecule has 8 heteroatoms. The lowest BCUT2D eigenvalue weighted by Gasteiger charge is -2.20. The molecule has 0 aromatic heterocycles. The van der Waals surface area contributed by atoms with Gasteiger partial charge in [0, 0.05) is 12.8 Å². The number of rotatable bonds is 46. The van der Waals surface area contributed by atoms with Crippen molar-refractivity contribution in [1.82, 2.24) is 0 Å². The lowest BCUT2D eigenvalue weighted by atomic mass is 10.00. The molecule has 0 heterocycles. The summed E-state index contributed by atoms with van der Waals surface area (Å²) in [6.45, 7) is 7.87. The highest BCUT2D eigenvalue weighted by molar-refractivity contribution is 5.72. The molecule has 2 atom stereocenters. The van der Waals surface area contributed by atoms with Gasteiger partial charge in [0.1, 0.15) is 13.2 Å². The van der Waals surface area contributed by atoms with Crippen LogP contribution in [0.4, 0.5) is 0 Å². The summed E-state index contributed by atoms with van der Waals surface area (Å²) in [6.07, 6.45) is 47.4. The van der Waals surface area contributed by atoms with E-state index in [-0.39, 0.29) is 43.0 Å². The molecule has 0 saturated carbocycles. The van der Waals surface area contributed by atoms with E-state index in [9.17, 15) is 19.2 Å². The van der Waals surface area contributed by atoms with Crippen LogP contribution in [0.5, 0.6) is 0 Å². The van der Waals surface area contributed by atoms with Gasteiger partial charge in [-0.25, -0.2) is 0 Å². The highest BCUT2D eigenvalue weighted by Crippen LogP contribution is 2.18. The predicted molar refractivity (Wildman–Crippen MR) is 254 cm³/mol. The molecule has 2 unspecified atom stereocenters. The number of esters is 3. The van der Waals surface area contributed by atoms with Crippen LogP contribution in [-0.2, 0) is 33.4 Å². The first-order chi connectivity index (χ1) is 29.7. The third kappa shape index (κ3) is 42.4. The summed E-state index contributed by atoms with van der Waals surface area (Å²) in [7, 11) is 0. The number of aliphatic carboxylic acids is 1. The summed E-state index contributed by atoms with van der Waals surface area (Å²) in [5, 5.41) is 9.04. The molecule has 61 heavy (non-hydrogen) atoms. The summed E-state index contributed by atoms with van der Waals surface area (Å²) in [5.41, 5.74) is 0. The topological polar surface area (TPSA) is 116 Å². The largest absolute Gasteiger partial charge is 0.481 e. The van der Waals surface area contributed by atoms with E-state index in [0.29, 0.717) is 25.7 Å². The van der Waals surface area contributed by atoms with Crippen LogP contribution in [0.15, 0.2) is 24.3 Å². The zero-order valence-electron chi connectivity index (χ0n) is 40.2. The minimum atomic E-state index is -0.834. The van der Waals surface area contributed by atoms with E-state index in [2.05, 4.69) is 38.2 Å². The second kappa shape index (κ2) is 45.4. The average Bonchev–Trinajstić information content (AvgIpc) is 3.25. The van der Waals surface area contributed by atoms with Crippen LogP contribution in [0.1, 0.15) is 259 Å². The molecule has 0 aliphatic rings. The van der Waals surface area contributed by atoms with E-state index in [1.54, 1.807) is 6.92 Å². The molecule has 0 amide bonds. The Morgan fingerprint density at radius 2 is 0.738 bits per heavy atom. The second-order valence-electron chi connectivity index (χ2n) is 17.9. The van der Waals surface area contributed by atoms with Gasteiger partial charge in [-0.05, 0) is 77.0 Å². The van der Waals surface area contributed by atoms with Gasteiger partial charge in [-0.3, -0.25) is 19.2 Å². The van der Waals surface area contributed by atoms with Crippen molar-refractivity contribution in [3.63, 3.8) is 0 Å². The van der Waals surface area contributed by atoms with Crippen molar-refractivity contribution in [2.75, 3.05) is 13.2 Å². The first kappa shape index (κ1) is 58.4. The van der Waals surface area contributed by atoms with Crippen molar-refractivity contribution < 1.29 is 38.5 Å². The predicted octanol–water partition coefficient (Wildman–Crippen LogP) is 15.5. The molecule has 0 aromatic carbocycles. The normalized spacial score (nSPS) is 12.7. The Kier molecular flexibility index (Phi) is 43.4. The monoisotopic (exact) mass is 861 g/mol. The quantitative estimate of drug-likeness (QED) is 0.0278. The number of hydrogen-bond donors (Lipinski definition) is 1. The minimum absolute atomic E-state index is 0.121. The van der Waals surface area contributed by atoms with Gasteiger partial charge < -0.3 is 19.3 Å². The van der Waals surface area contributed by atoms with Crippen LogP contribution in [0, 0.1) is 11.8 Å². The summed E-state index contributed by atoms with van der Waals surface area (Å²) in [5.74, 6) is -2.35. The molecule has 0 saturated heterocycles. The van der Waals surface area contributed by atoms with Gasteiger partial charge in [0.15, 0.2) is 6.10 Å². The Morgan fingerprint density at radius 3 is 1.10 bits per heavy atom. The second-order valence-corrected chi connectivity index (χ2v) is 17.9. The third-order valence-corrected chi connectivity index (χ3v) is 11.8. The fraction of sp³-hybridized carbons (Fsp3) is 0.849. The van der Waals surface area contributed by atoms with Crippen LogP contribution < -0.4 is 0 Å². The Balaban J connectivity index is 4.50. The molecule has 0 rings (SSSR count). The number of carbonyl (C=O) groups excluding carboxylic acids is 3. The van der Waals surface area contributed by atoms with Gasteiger partial charge in [-0.15, -0.1) is 0 Å². The SMILES string of the molecule is CCCCCCCC/C=C\CCCCCCCC(=O)OCC(COC(=O)CCCCCCC/C=C\CCCCCCCC)OC(=O)C(C)CCCCCCCCC(C)C(=O)O. The van der Waals surface area contributed by atoms with E-state index in [4.69, 9.17) is 19.3 Å². The molecular weight excluding hydrogens is 765 g/mol. The molecular formula is C53H96O8. The van der Waals surface area contributed by atoms with Crippen molar-refractivity contribution in [2.24, 2.45) is 11.8 Å². The standard InChI is InChI=1S/C53H96O8/c1-5-7-9-11-13-15-17-19-21-23-25-27-29-35-39-43-50(54)59-45-49(61-53(58)48(4)42-38-34-32-31-33-37-41-47(3)52(56)57)46-60-51(55)44-40-36-30-28-26-24-22-20-18-16-14-12-10-8-6-2/h19-22,47-49H,5-18,23-46H2,1-4H3,(H,56,57)/b21-19-,22-20-. The smallest absolute Gasteiger partial charge is 0.309 e. The number of hydrogen-bond acceptors (Lipinski definition) is 7. The van der Waals surface area contributed by atoms with Crippen molar-refractivity contribution in [3.05, 3.63) is 24.3 Å². The number of allylic oxidation sites excluding steroid dienone is 4. The Morgan fingerprint density at radius 1 is 0.426 bits per heavy atom. The first-order valence-corrected chi connectivity index (χ1v) is 25.8. The number of unbranched alkanes of at least 4 members (excludes halogenated alkanes) is 27. The highest BCUT2D eigenvalue weighted by atomic mass is 16.6. The van der Waals surface area contributed by atoms with E-state index in [1.165, 1.54) is 103 Å². The van der Waals surface area contributed by atoms with Crippen LogP contribution in [0.25, 0.3) is 0 Å². The number of ether oxygens (including phenoxy) is 3. The third-order valence-electron chi connectivity index (χ3n) is 11.8. The van der Waals surface area contributed by atoms with Crippen LogP contribution in [0.3, 0.4) is 0 Å². The van der Waals surface area contributed by atoms with Crippen LogP contribution >= 0.6 is 0 Å². The maximum Gasteiger partial charge on any atom is 0.309 e. The minimum Gasteiger partial charge on any atom is -0.481 e. The van der Waals surface area contributed by atoms with Crippen molar-refractivity contribution in [3.8, 4) is 0 Å². The summed E-state index contributed by atoms with van der Waals surface area (Å²) < 4.78 is 16.9. The van der Waals surface area contributed by atoms with Gasteiger partial charge in [0.05, 0.1) is 11.8 Å². The molecule has 0 radical (unpaired) electrons. The van der Waals surface area contributed by atoms with E-state index >= 15 is 0 Å². The van der Waals surface area contributed by atoms with Crippen molar-refractivity contribution in [1.29, 1.82) is 0 Å². The maximum atomic E-state index is 13.1. The molecule has 0 aliphatic carbocycles. The van der Waals surface area contributed by atoms with E-state index in [1.807, 2.05) is 6.92 Å². The Bertz CT molecular complexity index is 1030. The van der Waals surface area contributed by atoms with Gasteiger partial charge in [-0.2, -0.15) is 0 Å². The summed E-state index contributed by atoms with van der Waals surface area (Å²) in [6, 6.07) is 0. The lowest BCUT2D eigenvalue weighted by molar-refractivity contribution is -0.169. The van der Waals surface area contributed by atoms with Crippen molar-refractivity contribution >= 4 is 23.9 Å². The fourth-order valence-corrected chi connectivity index (χ4v) is 7.44. The zero-order chi connectivity index (χ0) is 44.9. The van der Waals surface area contributed by atoms with Gasteiger partial charge >= 0.3 is 23.9 Å². The number of carboxylic acids is 1. The van der Waals surface area contributed by atoms with Gasteiger partial charge in [0.25, 0.3) is 0 Å². The van der Waals surface area contributed by atoms with E-state index < -0.39 is 12.1 Å². The molecule has 0 aromatic rings. The van der Waals surface area contributed by atoms with E-state index in [0.717, 1.165) is 103 Å². The number of carbonyl (C=O) groups is 4. The molecule has 8 nitrogen and oxygen atoms in total. The summed E-state index contributed by atoms with van der Waals surface area (Å²) >= 11 is 0. The average molecular weight is 861 g/mol. The fourth-order valence-electron chi connectivity index (χ4n) is 7.44. The van der Waals surface area contributed by atoms with Gasteiger partial charge in [-0.1, -0.05) is 193 Å². The van der Waals surface area contributed by atoms with Gasteiger partial charge in [0.2, 0.25) is 0 Å². The zero-order valence-corrected chi connectivity index (χ0v) is 40.2. The molecule has 1 N–H and O–H groups in total.